The zero-order valence-electron chi connectivity index (χ0n) is 14.5. The van der Waals surface area contributed by atoms with Crippen molar-refractivity contribution >= 4 is 27.3 Å². The monoisotopic (exact) mass is 426 g/mol. The number of thiazole rings is 1. The van der Waals surface area contributed by atoms with Crippen molar-refractivity contribution in [2.75, 3.05) is 12.8 Å². The maximum Gasteiger partial charge on any atom is 0.355 e. The van der Waals surface area contributed by atoms with Crippen molar-refractivity contribution in [1.82, 2.24) is 19.5 Å². The van der Waals surface area contributed by atoms with Crippen LogP contribution in [0.5, 0.6) is 0 Å². The van der Waals surface area contributed by atoms with Crippen LogP contribution in [0.1, 0.15) is 16.1 Å². The first kappa shape index (κ1) is 19.9. The summed E-state index contributed by atoms with van der Waals surface area (Å²) >= 11 is 0.987. The Hall–Kier alpha value is -2.83. The van der Waals surface area contributed by atoms with Crippen LogP contribution in [-0.4, -0.2) is 47.1 Å². The van der Waals surface area contributed by atoms with E-state index in [1.165, 1.54) is 29.6 Å². The highest BCUT2D eigenvalue weighted by Gasteiger charge is 2.14. The molecule has 0 aliphatic carbocycles. The number of hydrogen-bond acceptors (Lipinski definition) is 6. The van der Waals surface area contributed by atoms with Crippen molar-refractivity contribution in [3.63, 3.8) is 0 Å². The molecule has 0 aliphatic rings. The average molecular weight is 426 g/mol. The number of hydrogen-bond donors (Lipinski definition) is 3. The highest BCUT2D eigenvalue weighted by Crippen LogP contribution is 2.21. The van der Waals surface area contributed by atoms with Crippen LogP contribution in [-0.2, 0) is 16.4 Å². The van der Waals surface area contributed by atoms with Gasteiger partial charge >= 0.3 is 5.97 Å². The van der Waals surface area contributed by atoms with Crippen LogP contribution in [0.4, 0.5) is 4.39 Å². The Morgan fingerprint density at radius 3 is 2.79 bits per heavy atom. The summed E-state index contributed by atoms with van der Waals surface area (Å²) in [6, 6.07) is 5.50. The molecular weight excluding hydrogens is 411 g/mol. The van der Waals surface area contributed by atoms with Gasteiger partial charge in [-0.1, -0.05) is 0 Å². The molecule has 0 aliphatic heterocycles. The molecule has 9 nitrogen and oxygen atoms in total. The number of aromatic amines is 1. The molecule has 3 rings (SSSR count). The molecule has 2 aromatic heterocycles. The third-order valence-corrected chi connectivity index (χ3v) is 5.29. The molecule has 3 aromatic rings. The number of carboxylic acid groups (broad SMARTS) is 1. The van der Waals surface area contributed by atoms with Gasteiger partial charge in [0.25, 0.3) is 5.56 Å². The van der Waals surface area contributed by atoms with Crippen molar-refractivity contribution < 1.29 is 22.7 Å². The molecule has 0 unspecified atom stereocenters. The Morgan fingerprint density at radius 1 is 1.39 bits per heavy atom. The fourth-order valence-electron chi connectivity index (χ4n) is 2.46. The molecule has 1 aromatic carbocycles. The zero-order valence-corrected chi connectivity index (χ0v) is 16.1. The van der Waals surface area contributed by atoms with Gasteiger partial charge in [-0.2, -0.15) is 4.68 Å². The standard InChI is InChI=1S/C16H15FN4O5S2/c1-28(25,26)18-5-4-9-6-10(2-3-11(9)17)12-7-14(22)21(20-12)16-19-13(8-27-16)15(23)24/h2-3,6-8,18,20H,4-5H2,1H3,(H,23,24). The van der Waals surface area contributed by atoms with Crippen molar-refractivity contribution in [3.8, 4) is 16.4 Å². The lowest BCUT2D eigenvalue weighted by Gasteiger charge is -2.07. The number of aromatic carboxylic acids is 1. The van der Waals surface area contributed by atoms with E-state index >= 15 is 0 Å². The molecule has 0 atom stereocenters. The smallest absolute Gasteiger partial charge is 0.355 e. The summed E-state index contributed by atoms with van der Waals surface area (Å²) in [4.78, 5) is 27.0. The number of benzene rings is 1. The normalized spacial score (nSPS) is 11.6. The van der Waals surface area contributed by atoms with Crippen molar-refractivity contribution in [2.45, 2.75) is 6.42 Å². The van der Waals surface area contributed by atoms with E-state index in [9.17, 15) is 22.4 Å². The maximum atomic E-state index is 14.0. The van der Waals surface area contributed by atoms with E-state index in [1.807, 2.05) is 0 Å². The summed E-state index contributed by atoms with van der Waals surface area (Å²) in [5, 5.41) is 13.2. The number of sulfonamides is 1. The fourth-order valence-corrected chi connectivity index (χ4v) is 3.69. The van der Waals surface area contributed by atoms with Gasteiger partial charge in [-0.25, -0.2) is 27.3 Å². The number of aromatic nitrogens is 3. The first-order chi connectivity index (χ1) is 13.1. The Bertz CT molecular complexity index is 1200. The van der Waals surface area contributed by atoms with E-state index in [-0.39, 0.29) is 29.4 Å². The molecule has 0 saturated carbocycles. The first-order valence-corrected chi connectivity index (χ1v) is 10.7. The summed E-state index contributed by atoms with van der Waals surface area (Å²) in [7, 11) is -3.38. The molecule has 0 amide bonds. The van der Waals surface area contributed by atoms with Crippen LogP contribution >= 0.6 is 11.3 Å². The van der Waals surface area contributed by atoms with E-state index < -0.39 is 27.4 Å². The molecular formula is C16H15FN4O5S2. The van der Waals surface area contributed by atoms with E-state index in [0.29, 0.717) is 11.3 Å². The lowest BCUT2D eigenvalue weighted by atomic mass is 10.1. The van der Waals surface area contributed by atoms with Gasteiger partial charge in [-0.3, -0.25) is 9.89 Å². The largest absolute Gasteiger partial charge is 0.476 e. The molecule has 12 heteroatoms. The summed E-state index contributed by atoms with van der Waals surface area (Å²) in [6.07, 6.45) is 1.15. The summed E-state index contributed by atoms with van der Waals surface area (Å²) in [5.41, 5.74) is 0.553. The number of halogens is 1. The lowest BCUT2D eigenvalue weighted by molar-refractivity contribution is 0.0691. The van der Waals surface area contributed by atoms with Crippen molar-refractivity contribution in [2.24, 2.45) is 0 Å². The average Bonchev–Trinajstić information content (AvgIpc) is 3.22. The highest BCUT2D eigenvalue weighted by molar-refractivity contribution is 7.88. The van der Waals surface area contributed by atoms with Crippen LogP contribution in [0, 0.1) is 5.82 Å². The summed E-state index contributed by atoms with van der Waals surface area (Å²) in [6.45, 7) is 0.0355. The van der Waals surface area contributed by atoms with Crippen LogP contribution in [0.2, 0.25) is 0 Å². The topological polar surface area (TPSA) is 134 Å². The molecule has 28 heavy (non-hydrogen) atoms. The van der Waals surface area contributed by atoms with E-state index in [0.717, 1.165) is 22.3 Å². The molecule has 2 heterocycles. The van der Waals surface area contributed by atoms with E-state index in [4.69, 9.17) is 5.11 Å². The van der Waals surface area contributed by atoms with Crippen molar-refractivity contribution in [3.05, 3.63) is 57.1 Å². The number of carboxylic acids is 1. The molecule has 0 fully saturated rings. The minimum atomic E-state index is -3.38. The molecule has 0 saturated heterocycles. The second-order valence-corrected chi connectivity index (χ2v) is 8.56. The maximum absolute atomic E-state index is 14.0. The molecule has 0 bridgehead atoms. The summed E-state index contributed by atoms with van der Waals surface area (Å²) in [5.74, 6) is -1.69. The zero-order chi connectivity index (χ0) is 20.5. The van der Waals surface area contributed by atoms with E-state index in [2.05, 4.69) is 14.8 Å². The minimum absolute atomic E-state index is 0.0355. The second kappa shape index (κ2) is 7.66. The van der Waals surface area contributed by atoms with Crippen LogP contribution in [0.25, 0.3) is 16.4 Å². The van der Waals surface area contributed by atoms with Crippen LogP contribution in [0.15, 0.2) is 34.4 Å². The Morgan fingerprint density at radius 2 is 2.14 bits per heavy atom. The van der Waals surface area contributed by atoms with Gasteiger partial charge in [-0.15, -0.1) is 11.3 Å². The number of H-pyrrole nitrogens is 1. The number of carbonyl (C=O) groups is 1. The first-order valence-electron chi connectivity index (χ1n) is 7.89. The van der Waals surface area contributed by atoms with Gasteiger partial charge in [0.15, 0.2) is 5.69 Å². The fraction of sp³-hybridized carbons (Fsp3) is 0.188. The van der Waals surface area contributed by atoms with Gasteiger partial charge < -0.3 is 5.11 Å². The third-order valence-electron chi connectivity index (χ3n) is 3.74. The number of nitrogens with zero attached hydrogens (tertiary/aromatic N) is 2. The van der Waals surface area contributed by atoms with Crippen LogP contribution in [0.3, 0.4) is 0 Å². The quantitative estimate of drug-likeness (QED) is 0.520. The molecule has 3 N–H and O–H groups in total. The Labute approximate surface area is 162 Å². The Balaban J connectivity index is 1.88. The third kappa shape index (κ3) is 4.52. The molecule has 0 spiro atoms. The van der Waals surface area contributed by atoms with Gasteiger partial charge in [0.2, 0.25) is 15.2 Å². The van der Waals surface area contributed by atoms with Gasteiger partial charge in [0, 0.05) is 23.6 Å². The lowest BCUT2D eigenvalue weighted by Crippen LogP contribution is -2.24. The number of nitrogens with one attached hydrogen (secondary N) is 2. The van der Waals surface area contributed by atoms with Gasteiger partial charge in [0.05, 0.1) is 11.9 Å². The minimum Gasteiger partial charge on any atom is -0.476 e. The summed E-state index contributed by atoms with van der Waals surface area (Å²) < 4.78 is 39.7. The predicted octanol–water partition coefficient (Wildman–Crippen LogP) is 1.22. The highest BCUT2D eigenvalue weighted by atomic mass is 32.2. The molecule has 148 valence electrons. The number of rotatable bonds is 7. The molecule has 0 radical (unpaired) electrons. The van der Waals surface area contributed by atoms with Crippen molar-refractivity contribution in [1.29, 1.82) is 0 Å². The van der Waals surface area contributed by atoms with E-state index in [1.54, 1.807) is 0 Å². The van der Waals surface area contributed by atoms with Gasteiger partial charge in [-0.05, 0) is 30.2 Å². The SMILES string of the molecule is CS(=O)(=O)NCCc1cc(-c2cc(=O)n(-c3nc(C(=O)O)cs3)[nH]2)ccc1F. The second-order valence-electron chi connectivity index (χ2n) is 5.89. The van der Waals surface area contributed by atoms with Crippen LogP contribution < -0.4 is 10.3 Å². The Kier molecular flexibility index (Phi) is 5.45. The van der Waals surface area contributed by atoms with Gasteiger partial charge in [0.1, 0.15) is 5.82 Å². The predicted molar refractivity (Wildman–Crippen MR) is 101 cm³/mol.